The molecule has 2 N–H and O–H groups in total. The second-order valence-electron chi connectivity index (χ2n) is 10.0. The van der Waals surface area contributed by atoms with Crippen molar-refractivity contribution in [1.29, 1.82) is 0 Å². The maximum atomic E-state index is 13.2. The third kappa shape index (κ3) is 5.27. The molecule has 0 spiro atoms. The minimum atomic E-state index is -0.969. The summed E-state index contributed by atoms with van der Waals surface area (Å²) in [5.41, 5.74) is 1.71. The van der Waals surface area contributed by atoms with E-state index in [0.29, 0.717) is 22.8 Å². The van der Waals surface area contributed by atoms with Crippen molar-refractivity contribution in [2.45, 2.75) is 51.1 Å². The topological polar surface area (TPSA) is 144 Å². The molecule has 0 radical (unpaired) electrons. The first-order chi connectivity index (χ1) is 18.7. The van der Waals surface area contributed by atoms with E-state index in [9.17, 15) is 14.4 Å². The van der Waals surface area contributed by atoms with E-state index in [-0.39, 0.29) is 30.3 Å². The van der Waals surface area contributed by atoms with E-state index in [4.69, 9.17) is 14.9 Å². The number of carbonyl (C=O) groups is 3. The van der Waals surface area contributed by atoms with Crippen LogP contribution in [-0.4, -0.2) is 72.4 Å². The van der Waals surface area contributed by atoms with Gasteiger partial charge >= 0.3 is 5.97 Å². The van der Waals surface area contributed by atoms with Crippen LogP contribution in [0.3, 0.4) is 0 Å². The first-order valence-electron chi connectivity index (χ1n) is 12.9. The molecule has 39 heavy (non-hydrogen) atoms. The largest absolute Gasteiger partial charge is 0.496 e. The summed E-state index contributed by atoms with van der Waals surface area (Å²) in [5.74, 6) is -1.14. The van der Waals surface area contributed by atoms with E-state index in [0.717, 1.165) is 36.6 Å². The van der Waals surface area contributed by atoms with E-state index in [2.05, 4.69) is 15.4 Å². The van der Waals surface area contributed by atoms with Gasteiger partial charge in [0.1, 0.15) is 5.75 Å². The van der Waals surface area contributed by atoms with E-state index < -0.39 is 11.9 Å². The number of nitrogens with one attached hydrogen (secondary N) is 1. The van der Waals surface area contributed by atoms with Gasteiger partial charge < -0.3 is 20.1 Å². The molecule has 1 aliphatic carbocycles. The van der Waals surface area contributed by atoms with Crippen molar-refractivity contribution in [2.24, 2.45) is 5.92 Å². The highest BCUT2D eigenvalue weighted by Crippen LogP contribution is 2.33. The fraction of sp³-hybridized carbons (Fsp3) is 0.407. The Kier molecular flexibility index (Phi) is 7.18. The number of fused-ring (bicyclic) bond motifs is 2. The molecule has 12 heteroatoms. The van der Waals surface area contributed by atoms with Gasteiger partial charge in [0.15, 0.2) is 11.5 Å². The number of carbonyl (C=O) groups excluding carboxylic acids is 2. The Morgan fingerprint density at radius 3 is 2.72 bits per heavy atom. The summed E-state index contributed by atoms with van der Waals surface area (Å²) in [5, 5.41) is 21.7. The quantitative estimate of drug-likeness (QED) is 0.351. The van der Waals surface area contributed by atoms with Crippen LogP contribution in [0.1, 0.15) is 55.4 Å². The molecule has 1 atom stereocenters. The number of carboxylic acid groups (broad SMARTS) is 1. The fourth-order valence-corrected chi connectivity index (χ4v) is 5.29. The molecule has 1 fully saturated rings. The van der Waals surface area contributed by atoms with Crippen molar-refractivity contribution in [1.82, 2.24) is 29.3 Å². The maximum absolute atomic E-state index is 13.2. The van der Waals surface area contributed by atoms with Gasteiger partial charge in [-0.3, -0.25) is 19.1 Å². The van der Waals surface area contributed by atoms with Gasteiger partial charge in [0, 0.05) is 42.9 Å². The van der Waals surface area contributed by atoms with Gasteiger partial charge in [0.25, 0.3) is 5.91 Å². The molecule has 3 aromatic heterocycles. The average molecular weight is 534 g/mol. The SMILES string of the molecule is COc1cc2nn(C3CCC(N(C)C(=O)[C@@H](C)CC(=O)O)CC3)cc2cc1C(=O)Nc1cnc2cccnn12. The number of hydrogen-bond acceptors (Lipinski definition) is 7. The van der Waals surface area contributed by atoms with E-state index in [1.165, 1.54) is 7.11 Å². The number of hydrogen-bond donors (Lipinski definition) is 2. The second kappa shape index (κ2) is 10.7. The minimum absolute atomic E-state index is 0.0690. The second-order valence-corrected chi connectivity index (χ2v) is 10.0. The number of imidazole rings is 1. The third-order valence-corrected chi connectivity index (χ3v) is 7.45. The van der Waals surface area contributed by atoms with Crippen LogP contribution in [0.15, 0.2) is 42.9 Å². The highest BCUT2D eigenvalue weighted by atomic mass is 16.5. The van der Waals surface area contributed by atoms with E-state index in [1.807, 2.05) is 10.9 Å². The highest BCUT2D eigenvalue weighted by Gasteiger charge is 2.30. The number of methoxy groups -OCH3 is 1. The van der Waals surface area contributed by atoms with Gasteiger partial charge in [-0.05, 0) is 43.9 Å². The molecular weight excluding hydrogens is 502 g/mol. The first-order valence-corrected chi connectivity index (χ1v) is 12.9. The molecule has 5 rings (SSSR count). The average Bonchev–Trinajstić information content (AvgIpc) is 3.55. The van der Waals surface area contributed by atoms with Gasteiger partial charge in [0.05, 0.1) is 36.8 Å². The zero-order valence-corrected chi connectivity index (χ0v) is 22.1. The van der Waals surface area contributed by atoms with Crippen molar-refractivity contribution in [2.75, 3.05) is 19.5 Å². The number of amides is 2. The molecule has 0 unspecified atom stereocenters. The molecular formula is C27H31N7O5. The number of rotatable bonds is 8. The molecule has 0 bridgehead atoms. The number of anilines is 1. The molecule has 204 valence electrons. The van der Waals surface area contributed by atoms with Crippen molar-refractivity contribution in [3.05, 3.63) is 48.4 Å². The first kappa shape index (κ1) is 26.1. The fourth-order valence-electron chi connectivity index (χ4n) is 5.29. The summed E-state index contributed by atoms with van der Waals surface area (Å²) in [6.07, 6.45) is 8.20. The monoisotopic (exact) mass is 533 g/mol. The number of aromatic nitrogens is 5. The van der Waals surface area contributed by atoms with Crippen LogP contribution in [0.25, 0.3) is 16.6 Å². The molecule has 4 aromatic rings. The smallest absolute Gasteiger partial charge is 0.304 e. The normalized spacial score (nSPS) is 18.1. The van der Waals surface area contributed by atoms with Crippen LogP contribution in [0.2, 0.25) is 0 Å². The molecule has 12 nitrogen and oxygen atoms in total. The molecule has 0 aliphatic heterocycles. The lowest BCUT2D eigenvalue weighted by Crippen LogP contribution is -2.42. The zero-order chi connectivity index (χ0) is 27.7. The van der Waals surface area contributed by atoms with Crippen LogP contribution >= 0.6 is 0 Å². The molecule has 1 aliphatic rings. The number of nitrogens with zero attached hydrogens (tertiary/aromatic N) is 6. The molecule has 2 amide bonds. The predicted octanol–water partition coefficient (Wildman–Crippen LogP) is 3.39. The number of carboxylic acids is 1. The Morgan fingerprint density at radius 2 is 2.00 bits per heavy atom. The lowest BCUT2D eigenvalue weighted by atomic mass is 9.89. The van der Waals surface area contributed by atoms with E-state index in [1.54, 1.807) is 60.0 Å². The maximum Gasteiger partial charge on any atom is 0.304 e. The van der Waals surface area contributed by atoms with Gasteiger partial charge in [0.2, 0.25) is 5.91 Å². The number of aliphatic carboxylic acids is 1. The van der Waals surface area contributed by atoms with Crippen molar-refractivity contribution in [3.8, 4) is 5.75 Å². The highest BCUT2D eigenvalue weighted by molar-refractivity contribution is 6.08. The Labute approximate surface area is 224 Å². The summed E-state index contributed by atoms with van der Waals surface area (Å²) < 4.78 is 9.01. The molecule has 1 saturated carbocycles. The van der Waals surface area contributed by atoms with Crippen molar-refractivity contribution in [3.63, 3.8) is 0 Å². The molecule has 3 heterocycles. The standard InChI is InChI=1S/C27H31N7O5/c1-16(11-25(35)36)27(38)32(2)18-6-8-19(9-7-18)33-15-17-12-20(22(39-3)13-21(17)31-33)26(37)30-24-14-28-23-5-4-10-29-34(23)24/h4-5,10,12-16,18-19H,6-9,11H2,1-3H3,(H,30,37)(H,35,36)/t16-,18?,19?/m0/s1. The summed E-state index contributed by atoms with van der Waals surface area (Å²) >= 11 is 0. The summed E-state index contributed by atoms with van der Waals surface area (Å²) in [4.78, 5) is 42.8. The Morgan fingerprint density at radius 1 is 1.23 bits per heavy atom. The minimum Gasteiger partial charge on any atom is -0.496 e. The van der Waals surface area contributed by atoms with Gasteiger partial charge in [-0.1, -0.05) is 6.92 Å². The lowest BCUT2D eigenvalue weighted by molar-refractivity contribution is -0.144. The third-order valence-electron chi connectivity index (χ3n) is 7.45. The molecule has 1 aromatic carbocycles. The number of ether oxygens (including phenoxy) is 1. The van der Waals surface area contributed by atoms with Gasteiger partial charge in [-0.15, -0.1) is 0 Å². The zero-order valence-electron chi connectivity index (χ0n) is 22.1. The van der Waals surface area contributed by atoms with Crippen LogP contribution < -0.4 is 10.1 Å². The van der Waals surface area contributed by atoms with E-state index >= 15 is 0 Å². The van der Waals surface area contributed by atoms with Gasteiger partial charge in [-0.25, -0.2) is 4.98 Å². The van der Waals surface area contributed by atoms with Crippen LogP contribution in [-0.2, 0) is 9.59 Å². The summed E-state index contributed by atoms with van der Waals surface area (Å²) in [6.45, 7) is 1.66. The van der Waals surface area contributed by atoms with Crippen molar-refractivity contribution < 1.29 is 24.2 Å². The van der Waals surface area contributed by atoms with Crippen LogP contribution in [0.5, 0.6) is 5.75 Å². The Balaban J connectivity index is 1.29. The Bertz CT molecular complexity index is 1540. The van der Waals surface area contributed by atoms with Gasteiger partial charge in [-0.2, -0.15) is 14.7 Å². The molecule has 0 saturated heterocycles. The number of benzene rings is 1. The van der Waals surface area contributed by atoms with Crippen LogP contribution in [0.4, 0.5) is 5.82 Å². The Hall–Kier alpha value is -4.48. The lowest BCUT2D eigenvalue weighted by Gasteiger charge is -2.35. The summed E-state index contributed by atoms with van der Waals surface area (Å²) in [6, 6.07) is 7.32. The van der Waals surface area contributed by atoms with Crippen molar-refractivity contribution >= 4 is 40.2 Å². The predicted molar refractivity (Wildman–Crippen MR) is 143 cm³/mol. The van der Waals surface area contributed by atoms with Crippen LogP contribution in [0, 0.1) is 5.92 Å². The summed E-state index contributed by atoms with van der Waals surface area (Å²) in [7, 11) is 3.27.